The molecule has 1 saturated carbocycles. The SMILES string of the molecule is O=C(NCCCCC1CCN(C(=O)C2CC(Cl)CCC2Cl)CC1)c1cc2ccncc2s1. The van der Waals surface area contributed by atoms with Crippen molar-refractivity contribution in [3.63, 3.8) is 0 Å². The Morgan fingerprint density at radius 2 is 1.97 bits per heavy atom. The van der Waals surface area contributed by atoms with Crippen molar-refractivity contribution in [2.75, 3.05) is 19.6 Å². The van der Waals surface area contributed by atoms with Gasteiger partial charge in [-0.25, -0.2) is 0 Å². The van der Waals surface area contributed by atoms with Gasteiger partial charge in [0.15, 0.2) is 0 Å². The zero-order valence-electron chi connectivity index (χ0n) is 18.3. The number of carbonyl (C=O) groups excluding carboxylic acids is 2. The number of thiophene rings is 1. The lowest BCUT2D eigenvalue weighted by molar-refractivity contribution is -0.137. The average molecular weight is 497 g/mol. The first-order chi connectivity index (χ1) is 15.5. The maximum atomic E-state index is 12.9. The second kappa shape index (κ2) is 11.2. The van der Waals surface area contributed by atoms with Gasteiger partial charge >= 0.3 is 0 Å². The molecule has 3 heterocycles. The fourth-order valence-electron chi connectivity index (χ4n) is 4.86. The van der Waals surface area contributed by atoms with Crippen LogP contribution in [0.15, 0.2) is 24.5 Å². The Hall–Kier alpha value is -1.37. The molecule has 0 aromatic carbocycles. The number of nitrogens with zero attached hydrogens (tertiary/aromatic N) is 2. The van der Waals surface area contributed by atoms with Crippen molar-refractivity contribution in [3.05, 3.63) is 29.4 Å². The van der Waals surface area contributed by atoms with Crippen molar-refractivity contribution in [2.45, 2.75) is 62.1 Å². The van der Waals surface area contributed by atoms with E-state index in [4.69, 9.17) is 23.2 Å². The molecule has 4 rings (SSSR count). The molecule has 2 aromatic heterocycles. The topological polar surface area (TPSA) is 62.3 Å². The third kappa shape index (κ3) is 5.95. The lowest BCUT2D eigenvalue weighted by Crippen LogP contribution is -2.46. The van der Waals surface area contributed by atoms with Crippen LogP contribution < -0.4 is 5.32 Å². The highest BCUT2D eigenvalue weighted by Crippen LogP contribution is 2.34. The quantitative estimate of drug-likeness (QED) is 0.410. The van der Waals surface area contributed by atoms with E-state index in [9.17, 15) is 9.59 Å². The lowest BCUT2D eigenvalue weighted by atomic mass is 9.85. The predicted molar refractivity (Wildman–Crippen MR) is 132 cm³/mol. The van der Waals surface area contributed by atoms with Gasteiger partial charge in [0.05, 0.1) is 15.5 Å². The average Bonchev–Trinajstić information content (AvgIpc) is 3.25. The van der Waals surface area contributed by atoms with Gasteiger partial charge in [-0.15, -0.1) is 34.5 Å². The van der Waals surface area contributed by atoms with Gasteiger partial charge in [0, 0.05) is 42.8 Å². The number of alkyl halides is 2. The number of aromatic nitrogens is 1. The molecule has 2 aromatic rings. The van der Waals surface area contributed by atoms with Crippen LogP contribution in [-0.4, -0.2) is 52.1 Å². The van der Waals surface area contributed by atoms with Gasteiger partial charge in [-0.2, -0.15) is 0 Å². The third-order valence-electron chi connectivity index (χ3n) is 6.82. The van der Waals surface area contributed by atoms with E-state index in [2.05, 4.69) is 10.3 Å². The molecule has 1 aliphatic carbocycles. The van der Waals surface area contributed by atoms with Crippen molar-refractivity contribution in [3.8, 4) is 0 Å². The molecule has 1 aliphatic heterocycles. The summed E-state index contributed by atoms with van der Waals surface area (Å²) < 4.78 is 1.04. The smallest absolute Gasteiger partial charge is 0.261 e. The normalized spacial score (nSPS) is 24.6. The van der Waals surface area contributed by atoms with Crippen molar-refractivity contribution in [1.29, 1.82) is 0 Å². The molecule has 2 aliphatic rings. The molecule has 3 unspecified atom stereocenters. The number of hydrogen-bond acceptors (Lipinski definition) is 4. The summed E-state index contributed by atoms with van der Waals surface area (Å²) in [5.74, 6) is 0.736. The maximum absolute atomic E-state index is 12.9. The zero-order valence-corrected chi connectivity index (χ0v) is 20.6. The largest absolute Gasteiger partial charge is 0.351 e. The minimum absolute atomic E-state index is 0.00230. The minimum atomic E-state index is -0.120. The molecule has 174 valence electrons. The van der Waals surface area contributed by atoms with Crippen LogP contribution in [0.4, 0.5) is 0 Å². The third-order valence-corrected chi connectivity index (χ3v) is 8.82. The van der Waals surface area contributed by atoms with E-state index >= 15 is 0 Å². The number of pyridine rings is 1. The maximum Gasteiger partial charge on any atom is 0.261 e. The Morgan fingerprint density at radius 3 is 2.75 bits per heavy atom. The monoisotopic (exact) mass is 495 g/mol. The summed E-state index contributed by atoms with van der Waals surface area (Å²) >= 11 is 14.2. The fraction of sp³-hybridized carbons (Fsp3) is 0.625. The Kier molecular flexibility index (Phi) is 8.30. The van der Waals surface area contributed by atoms with Gasteiger partial charge in [-0.3, -0.25) is 14.6 Å². The summed E-state index contributed by atoms with van der Waals surface area (Å²) in [6, 6.07) is 3.86. The summed E-state index contributed by atoms with van der Waals surface area (Å²) in [4.78, 5) is 32.1. The van der Waals surface area contributed by atoms with Crippen LogP contribution in [0.3, 0.4) is 0 Å². The van der Waals surface area contributed by atoms with Crippen LogP contribution in [0.5, 0.6) is 0 Å². The summed E-state index contributed by atoms with van der Waals surface area (Å²) in [5.41, 5.74) is 0. The molecule has 1 N–H and O–H groups in total. The van der Waals surface area contributed by atoms with Gasteiger partial charge in [-0.05, 0) is 62.0 Å². The van der Waals surface area contributed by atoms with E-state index in [1.807, 2.05) is 17.0 Å². The molecule has 5 nitrogen and oxygen atoms in total. The Labute approximate surface area is 203 Å². The lowest BCUT2D eigenvalue weighted by Gasteiger charge is -2.37. The number of nitrogens with one attached hydrogen (secondary N) is 1. The van der Waals surface area contributed by atoms with E-state index in [1.165, 1.54) is 11.3 Å². The Bertz CT molecular complexity index is 896. The summed E-state index contributed by atoms with van der Waals surface area (Å²) in [6.45, 7) is 2.35. The van der Waals surface area contributed by atoms with Crippen LogP contribution in [0.25, 0.3) is 10.1 Å². The van der Waals surface area contributed by atoms with Crippen LogP contribution >= 0.6 is 34.5 Å². The zero-order chi connectivity index (χ0) is 22.5. The second-order valence-corrected chi connectivity index (χ2v) is 11.3. The molecule has 3 atom stereocenters. The van der Waals surface area contributed by atoms with E-state index in [0.29, 0.717) is 18.9 Å². The van der Waals surface area contributed by atoms with Crippen LogP contribution in [-0.2, 0) is 4.79 Å². The van der Waals surface area contributed by atoms with E-state index in [1.54, 1.807) is 12.4 Å². The van der Waals surface area contributed by atoms with Gasteiger partial charge in [0.1, 0.15) is 0 Å². The highest BCUT2D eigenvalue weighted by molar-refractivity contribution is 7.20. The molecule has 0 spiro atoms. The summed E-state index contributed by atoms with van der Waals surface area (Å²) in [5, 5.41) is 4.10. The fourth-order valence-corrected chi connectivity index (χ4v) is 6.46. The Balaban J connectivity index is 1.12. The standard InChI is InChI=1S/C24H31Cl2N3O2S/c25-18-4-5-20(26)19(14-18)24(31)29-11-7-16(8-12-29)3-1-2-9-28-23(30)21-13-17-6-10-27-15-22(17)32-21/h6,10,13,15-16,18-20H,1-5,7-9,11-12,14H2,(H,28,30). The van der Waals surface area contributed by atoms with Crippen LogP contribution in [0.1, 0.15) is 61.0 Å². The number of rotatable bonds is 7. The number of halogens is 2. The predicted octanol–water partition coefficient (Wildman–Crippen LogP) is 5.45. The van der Waals surface area contributed by atoms with E-state index in [0.717, 1.165) is 73.0 Å². The Morgan fingerprint density at radius 1 is 1.16 bits per heavy atom. The number of unbranched alkanes of at least 4 members (excludes halogenated alkanes) is 1. The van der Waals surface area contributed by atoms with Crippen molar-refractivity contribution >= 4 is 56.4 Å². The molecule has 2 amide bonds. The summed E-state index contributed by atoms with van der Waals surface area (Å²) in [7, 11) is 0. The van der Waals surface area contributed by atoms with Gasteiger partial charge in [0.2, 0.25) is 5.91 Å². The number of hydrogen-bond donors (Lipinski definition) is 1. The van der Waals surface area contributed by atoms with E-state index in [-0.39, 0.29) is 28.5 Å². The van der Waals surface area contributed by atoms with Crippen LogP contribution in [0, 0.1) is 11.8 Å². The highest BCUT2D eigenvalue weighted by atomic mass is 35.5. The van der Waals surface area contributed by atoms with Gasteiger partial charge < -0.3 is 10.2 Å². The molecule has 0 radical (unpaired) electrons. The van der Waals surface area contributed by atoms with Gasteiger partial charge in [-0.1, -0.05) is 12.8 Å². The van der Waals surface area contributed by atoms with Crippen molar-refractivity contribution in [2.24, 2.45) is 11.8 Å². The molecule has 1 saturated heterocycles. The number of amides is 2. The minimum Gasteiger partial charge on any atom is -0.351 e. The summed E-state index contributed by atoms with van der Waals surface area (Å²) in [6.07, 6.45) is 11.3. The van der Waals surface area contributed by atoms with Crippen LogP contribution in [0.2, 0.25) is 0 Å². The number of piperidine rings is 1. The second-order valence-electron chi connectivity index (χ2n) is 9.08. The molecule has 2 fully saturated rings. The first-order valence-electron chi connectivity index (χ1n) is 11.7. The number of fused-ring (bicyclic) bond motifs is 1. The van der Waals surface area contributed by atoms with Crippen molar-refractivity contribution in [1.82, 2.24) is 15.2 Å². The molecule has 32 heavy (non-hydrogen) atoms. The van der Waals surface area contributed by atoms with Crippen molar-refractivity contribution < 1.29 is 9.59 Å². The molecular formula is C24H31Cl2N3O2S. The first-order valence-corrected chi connectivity index (χ1v) is 13.4. The first kappa shape index (κ1) is 23.8. The van der Waals surface area contributed by atoms with Gasteiger partial charge in [0.25, 0.3) is 5.91 Å². The highest BCUT2D eigenvalue weighted by Gasteiger charge is 2.36. The van der Waals surface area contributed by atoms with E-state index < -0.39 is 0 Å². The number of likely N-dealkylation sites (tertiary alicyclic amines) is 1. The molecule has 0 bridgehead atoms. The number of carbonyl (C=O) groups is 2. The molecular weight excluding hydrogens is 465 g/mol. The molecule has 8 heteroatoms.